The molecule has 0 spiro atoms. The van der Waals surface area contributed by atoms with Crippen molar-refractivity contribution in [3.63, 3.8) is 0 Å². The van der Waals surface area contributed by atoms with Crippen LogP contribution in [0, 0.1) is 5.82 Å². The van der Waals surface area contributed by atoms with Gasteiger partial charge in [-0.15, -0.1) is 0 Å². The second-order valence-electron chi connectivity index (χ2n) is 7.12. The average Bonchev–Trinajstić information content (AvgIpc) is 2.72. The molecule has 2 aromatic carbocycles. The lowest BCUT2D eigenvalue weighted by Crippen LogP contribution is -2.48. The number of nitrogens with zero attached hydrogens (tertiary/aromatic N) is 2. The van der Waals surface area contributed by atoms with Crippen LogP contribution in [0.2, 0.25) is 5.02 Å². The molecule has 1 N–H and O–H groups in total. The number of rotatable bonds is 7. The lowest BCUT2D eigenvalue weighted by molar-refractivity contribution is -0.133. The van der Waals surface area contributed by atoms with Gasteiger partial charge in [0.15, 0.2) is 0 Å². The van der Waals surface area contributed by atoms with Gasteiger partial charge in [0.1, 0.15) is 5.82 Å². The van der Waals surface area contributed by atoms with E-state index in [1.165, 1.54) is 6.07 Å². The lowest BCUT2D eigenvalue weighted by Gasteiger charge is -2.35. The molecule has 0 unspecified atom stereocenters. The van der Waals surface area contributed by atoms with E-state index in [4.69, 9.17) is 11.6 Å². The van der Waals surface area contributed by atoms with Gasteiger partial charge in [-0.1, -0.05) is 48.0 Å². The third kappa shape index (κ3) is 6.27. The zero-order chi connectivity index (χ0) is 20.6. The van der Waals surface area contributed by atoms with E-state index < -0.39 is 0 Å². The van der Waals surface area contributed by atoms with Crippen LogP contribution in [0.25, 0.3) is 0 Å². The molecule has 0 aliphatic carbocycles. The molecule has 2 aromatic rings. The molecule has 0 saturated carbocycles. The number of benzene rings is 2. The van der Waals surface area contributed by atoms with Gasteiger partial charge in [-0.3, -0.25) is 14.5 Å². The number of carbonyl (C=O) groups is 2. The summed E-state index contributed by atoms with van der Waals surface area (Å²) in [4.78, 5) is 28.2. The molecule has 29 heavy (non-hydrogen) atoms. The zero-order valence-corrected chi connectivity index (χ0v) is 17.0. The number of hydrogen-bond acceptors (Lipinski definition) is 3. The topological polar surface area (TPSA) is 52.7 Å². The van der Waals surface area contributed by atoms with Crippen LogP contribution in [0.4, 0.5) is 4.39 Å². The first-order valence-corrected chi connectivity index (χ1v) is 10.1. The second-order valence-corrected chi connectivity index (χ2v) is 7.53. The predicted molar refractivity (Wildman–Crippen MR) is 111 cm³/mol. The monoisotopic (exact) mass is 417 g/mol. The molecule has 1 fully saturated rings. The fraction of sp³-hybridized carbons (Fsp3) is 0.364. The van der Waals surface area contributed by atoms with Gasteiger partial charge in [0.2, 0.25) is 11.8 Å². The molecular weight excluding hydrogens is 393 g/mol. The van der Waals surface area contributed by atoms with Gasteiger partial charge in [-0.05, 0) is 17.7 Å². The van der Waals surface area contributed by atoms with E-state index in [9.17, 15) is 14.0 Å². The third-order valence-electron chi connectivity index (χ3n) is 5.04. The SMILES string of the molecule is O=C(Cc1ccccc1)NCCC(=O)N1CCN(Cc2c(F)cccc2Cl)CC1. The maximum absolute atomic E-state index is 13.9. The first kappa shape index (κ1) is 21.3. The number of nitrogens with one attached hydrogen (secondary N) is 1. The number of piperazine rings is 1. The number of carbonyl (C=O) groups excluding carboxylic acids is 2. The molecule has 2 amide bonds. The van der Waals surface area contributed by atoms with Crippen LogP contribution in [0.5, 0.6) is 0 Å². The summed E-state index contributed by atoms with van der Waals surface area (Å²) < 4.78 is 13.9. The van der Waals surface area contributed by atoms with Crippen LogP contribution in [0.1, 0.15) is 17.5 Å². The summed E-state index contributed by atoms with van der Waals surface area (Å²) in [5, 5.41) is 3.23. The quantitative estimate of drug-likeness (QED) is 0.753. The van der Waals surface area contributed by atoms with E-state index in [1.807, 2.05) is 30.3 Å². The standard InChI is InChI=1S/C22H25ClFN3O2/c23-19-7-4-8-20(24)18(19)16-26-11-13-27(14-12-26)22(29)9-10-25-21(28)15-17-5-2-1-3-6-17/h1-8H,9-16H2,(H,25,28). The minimum Gasteiger partial charge on any atom is -0.355 e. The van der Waals surface area contributed by atoms with Crippen molar-refractivity contribution in [1.82, 2.24) is 15.1 Å². The highest BCUT2D eigenvalue weighted by molar-refractivity contribution is 6.31. The maximum Gasteiger partial charge on any atom is 0.224 e. The van der Waals surface area contributed by atoms with Crippen molar-refractivity contribution in [2.24, 2.45) is 0 Å². The Morgan fingerprint density at radius 2 is 1.72 bits per heavy atom. The summed E-state index contributed by atoms with van der Waals surface area (Å²) in [5.74, 6) is -0.369. The highest BCUT2D eigenvalue weighted by atomic mass is 35.5. The molecule has 0 atom stereocenters. The van der Waals surface area contributed by atoms with E-state index in [0.717, 1.165) is 5.56 Å². The average molecular weight is 418 g/mol. The molecule has 1 aliphatic heterocycles. The minimum absolute atomic E-state index is 0.0218. The Kier molecular flexibility index (Phi) is 7.61. The van der Waals surface area contributed by atoms with Crippen molar-refractivity contribution in [3.05, 3.63) is 70.5 Å². The Morgan fingerprint density at radius 3 is 2.41 bits per heavy atom. The highest BCUT2D eigenvalue weighted by Crippen LogP contribution is 2.21. The Labute approximate surface area is 175 Å². The Bertz CT molecular complexity index is 819. The van der Waals surface area contributed by atoms with Gasteiger partial charge in [-0.2, -0.15) is 0 Å². The van der Waals surface area contributed by atoms with Gasteiger partial charge < -0.3 is 10.2 Å². The van der Waals surface area contributed by atoms with Gasteiger partial charge in [0.05, 0.1) is 6.42 Å². The first-order chi connectivity index (χ1) is 14.0. The number of hydrogen-bond donors (Lipinski definition) is 1. The van der Waals surface area contributed by atoms with Gasteiger partial charge in [0.25, 0.3) is 0 Å². The van der Waals surface area contributed by atoms with Crippen LogP contribution in [0.15, 0.2) is 48.5 Å². The van der Waals surface area contributed by atoms with Gasteiger partial charge in [0, 0.05) is 56.3 Å². The summed E-state index contributed by atoms with van der Waals surface area (Å²) in [6.07, 6.45) is 0.589. The summed E-state index contributed by atoms with van der Waals surface area (Å²) in [6, 6.07) is 14.2. The molecule has 1 saturated heterocycles. The minimum atomic E-state index is -0.303. The van der Waals surface area contributed by atoms with Crippen molar-refractivity contribution in [3.8, 4) is 0 Å². The van der Waals surface area contributed by atoms with Crippen LogP contribution in [-0.2, 0) is 22.6 Å². The fourth-order valence-corrected chi connectivity index (χ4v) is 3.60. The second kappa shape index (κ2) is 10.4. The van der Waals surface area contributed by atoms with E-state index >= 15 is 0 Å². The van der Waals surface area contributed by atoms with E-state index in [2.05, 4.69) is 10.2 Å². The fourth-order valence-electron chi connectivity index (χ4n) is 3.37. The van der Waals surface area contributed by atoms with Crippen LogP contribution in [-0.4, -0.2) is 54.3 Å². The third-order valence-corrected chi connectivity index (χ3v) is 5.39. The van der Waals surface area contributed by atoms with Crippen molar-refractivity contribution in [2.45, 2.75) is 19.4 Å². The Balaban J connectivity index is 1.37. The molecule has 1 heterocycles. The molecule has 7 heteroatoms. The molecule has 154 valence electrons. The zero-order valence-electron chi connectivity index (χ0n) is 16.2. The summed E-state index contributed by atoms with van der Waals surface area (Å²) in [6.45, 7) is 3.26. The van der Waals surface area contributed by atoms with Crippen LogP contribution >= 0.6 is 11.6 Å². The molecule has 0 radical (unpaired) electrons. The van der Waals surface area contributed by atoms with Crippen molar-refractivity contribution >= 4 is 23.4 Å². The molecule has 3 rings (SSSR count). The first-order valence-electron chi connectivity index (χ1n) is 9.76. The Hall–Kier alpha value is -2.44. The largest absolute Gasteiger partial charge is 0.355 e. The highest BCUT2D eigenvalue weighted by Gasteiger charge is 2.22. The summed E-state index contributed by atoms with van der Waals surface area (Å²) >= 11 is 6.10. The predicted octanol–water partition coefficient (Wildman–Crippen LogP) is 2.87. The van der Waals surface area contributed by atoms with E-state index in [1.54, 1.807) is 17.0 Å². The maximum atomic E-state index is 13.9. The molecule has 0 aromatic heterocycles. The number of halogens is 2. The molecule has 5 nitrogen and oxygen atoms in total. The van der Waals surface area contributed by atoms with Crippen molar-refractivity contribution in [1.29, 1.82) is 0 Å². The van der Waals surface area contributed by atoms with E-state index in [0.29, 0.717) is 56.3 Å². The molecular formula is C22H25ClFN3O2. The lowest BCUT2D eigenvalue weighted by atomic mass is 10.1. The number of amides is 2. The smallest absolute Gasteiger partial charge is 0.224 e. The summed E-state index contributed by atoms with van der Waals surface area (Å²) in [5.41, 5.74) is 1.44. The normalized spacial score (nSPS) is 14.6. The van der Waals surface area contributed by atoms with Gasteiger partial charge >= 0.3 is 0 Å². The van der Waals surface area contributed by atoms with Crippen molar-refractivity contribution in [2.75, 3.05) is 32.7 Å². The summed E-state index contributed by atoms with van der Waals surface area (Å²) in [7, 11) is 0. The molecule has 0 bridgehead atoms. The molecule has 1 aliphatic rings. The van der Waals surface area contributed by atoms with Crippen molar-refractivity contribution < 1.29 is 14.0 Å². The Morgan fingerprint density at radius 1 is 1.00 bits per heavy atom. The van der Waals surface area contributed by atoms with E-state index in [-0.39, 0.29) is 24.1 Å². The van der Waals surface area contributed by atoms with Gasteiger partial charge in [-0.25, -0.2) is 4.39 Å². The van der Waals surface area contributed by atoms with Crippen LogP contribution < -0.4 is 5.32 Å². The van der Waals surface area contributed by atoms with Crippen LogP contribution in [0.3, 0.4) is 0 Å².